The summed E-state index contributed by atoms with van der Waals surface area (Å²) < 4.78 is 85.8. The summed E-state index contributed by atoms with van der Waals surface area (Å²) in [4.78, 5) is 22.2. The fourth-order valence-corrected chi connectivity index (χ4v) is 4.81. The molecule has 0 aliphatic carbocycles. The highest BCUT2D eigenvalue weighted by Crippen LogP contribution is 2.44. The number of alkyl halides is 3. The number of pyridine rings is 1. The Labute approximate surface area is 215 Å². The van der Waals surface area contributed by atoms with E-state index in [9.17, 15) is 26.7 Å². The Morgan fingerprint density at radius 1 is 1.16 bits per heavy atom. The number of hydrogen-bond acceptors (Lipinski definition) is 7. The summed E-state index contributed by atoms with van der Waals surface area (Å²) in [5.74, 6) is -3.03. The van der Waals surface area contributed by atoms with Crippen LogP contribution in [0.15, 0.2) is 41.3 Å². The van der Waals surface area contributed by atoms with Gasteiger partial charge in [-0.25, -0.2) is 13.6 Å². The zero-order valence-electron chi connectivity index (χ0n) is 20.6. The summed E-state index contributed by atoms with van der Waals surface area (Å²) in [5.41, 5.74) is -2.23. The molecule has 1 aromatic carbocycles. The monoisotopic (exact) mass is 534 g/mol. The molecule has 15 heteroatoms. The zero-order valence-corrected chi connectivity index (χ0v) is 20.6. The van der Waals surface area contributed by atoms with Gasteiger partial charge in [0, 0.05) is 30.2 Å². The van der Waals surface area contributed by atoms with E-state index >= 15 is 0 Å². The molecule has 2 aliphatic heterocycles. The van der Waals surface area contributed by atoms with Crippen LogP contribution in [0.3, 0.4) is 0 Å². The quantitative estimate of drug-likeness (QED) is 0.365. The third-order valence-corrected chi connectivity index (χ3v) is 7.16. The van der Waals surface area contributed by atoms with Gasteiger partial charge in [0.1, 0.15) is 39.6 Å². The number of aromatic nitrogens is 3. The van der Waals surface area contributed by atoms with Gasteiger partial charge in [0.25, 0.3) is 0 Å². The van der Waals surface area contributed by atoms with Gasteiger partial charge in [-0.05, 0) is 30.7 Å². The van der Waals surface area contributed by atoms with Crippen LogP contribution in [-0.2, 0) is 22.9 Å². The average molecular weight is 534 g/mol. The minimum atomic E-state index is -4.75. The molecule has 198 valence electrons. The van der Waals surface area contributed by atoms with Gasteiger partial charge in [0.15, 0.2) is 17.4 Å². The van der Waals surface area contributed by atoms with Crippen molar-refractivity contribution in [1.29, 1.82) is 0 Å². The predicted octanol–water partition coefficient (Wildman–Crippen LogP) is 1.79. The van der Waals surface area contributed by atoms with Crippen molar-refractivity contribution in [2.45, 2.75) is 30.6 Å². The molecule has 0 spiro atoms. The molecule has 3 aromatic rings. The molecule has 0 bridgehead atoms. The van der Waals surface area contributed by atoms with Gasteiger partial charge in [-0.3, -0.25) is 9.55 Å². The van der Waals surface area contributed by atoms with E-state index in [0.29, 0.717) is 31.6 Å². The van der Waals surface area contributed by atoms with E-state index in [0.717, 1.165) is 24.4 Å². The topological polar surface area (TPSA) is 78.7 Å². The molecule has 1 saturated heterocycles. The smallest absolute Gasteiger partial charge is 0.433 e. The van der Waals surface area contributed by atoms with E-state index in [-0.39, 0.29) is 18.1 Å². The first-order valence-electron chi connectivity index (χ1n) is 11.6. The first-order chi connectivity index (χ1) is 17.8. The van der Waals surface area contributed by atoms with E-state index in [1.807, 2.05) is 22.6 Å². The zero-order chi connectivity index (χ0) is 27.5. The Hall–Kier alpha value is -3.61. The number of anilines is 1. The van der Waals surface area contributed by atoms with E-state index < -0.39 is 51.6 Å². The molecule has 2 aliphatic rings. The van der Waals surface area contributed by atoms with Crippen LogP contribution in [0.25, 0.3) is 0 Å². The predicted molar refractivity (Wildman–Crippen MR) is 130 cm³/mol. The second-order valence-electron chi connectivity index (χ2n) is 9.76. The van der Waals surface area contributed by atoms with Gasteiger partial charge in [-0.1, -0.05) is 0 Å². The average Bonchev–Trinajstić information content (AvgIpc) is 3.02. The van der Waals surface area contributed by atoms with Crippen molar-refractivity contribution < 1.29 is 36.2 Å². The van der Waals surface area contributed by atoms with Gasteiger partial charge in [-0.15, -0.1) is 0 Å². The number of halogens is 5. The van der Waals surface area contributed by atoms with Crippen LogP contribution in [0.5, 0.6) is 17.4 Å². The maximum Gasteiger partial charge on any atom is 0.433 e. The van der Waals surface area contributed by atoms with Crippen molar-refractivity contribution in [2.75, 3.05) is 24.7 Å². The molecule has 0 saturated carbocycles. The van der Waals surface area contributed by atoms with Gasteiger partial charge in [0.05, 0.1) is 18.8 Å². The van der Waals surface area contributed by atoms with Crippen LogP contribution < -0.4 is 20.1 Å². The van der Waals surface area contributed by atoms with Crippen molar-refractivity contribution in [1.82, 2.24) is 14.5 Å². The number of fused-ring (bicyclic) bond motifs is 3. The lowest BCUT2D eigenvalue weighted by Crippen LogP contribution is -2.65. The first-order valence-corrected chi connectivity index (χ1v) is 11.6. The lowest BCUT2D eigenvalue weighted by Gasteiger charge is -2.47. The molecular formula is C23H21B2F5N4O4. The standard InChI is InChI=1S/C23H21B2F5N4O4/c1-21-11-36-5-4-33(21)18-9-17(32-20(35)34(18)23(21,24)25)37-10-12-6-14(26)19(15(27)7-12)38-13-2-3-31-16(8-13)22(28,29)30/h2-3,6-9H,4-5,10-11,24-25H2,1H3/t21-/m0/s1. The van der Waals surface area contributed by atoms with Gasteiger partial charge >= 0.3 is 11.9 Å². The van der Waals surface area contributed by atoms with Crippen LogP contribution in [0.1, 0.15) is 18.2 Å². The number of benzene rings is 1. The SMILES string of the molecule is BC1(B)n2c(cc(OCc3cc(F)c(Oc4ccnc(C(F)(F)F)c4)c(F)c3)nc2=O)N2CCOC[C@]21C. The molecule has 0 N–H and O–H groups in total. The first kappa shape index (κ1) is 26.0. The normalized spacial score (nSPS) is 20.1. The molecule has 0 radical (unpaired) electrons. The van der Waals surface area contributed by atoms with Crippen molar-refractivity contribution in [2.24, 2.45) is 0 Å². The highest BCUT2D eigenvalue weighted by Gasteiger charge is 2.55. The highest BCUT2D eigenvalue weighted by atomic mass is 19.4. The van der Waals surface area contributed by atoms with Crippen molar-refractivity contribution >= 4 is 21.5 Å². The van der Waals surface area contributed by atoms with E-state index in [4.69, 9.17) is 14.2 Å². The van der Waals surface area contributed by atoms with Crippen LogP contribution >= 0.6 is 0 Å². The lowest BCUT2D eigenvalue weighted by atomic mass is 9.52. The Balaban J connectivity index is 1.36. The summed E-state index contributed by atoms with van der Waals surface area (Å²) in [5, 5.41) is -0.622. The summed E-state index contributed by atoms with van der Waals surface area (Å²) in [6.45, 7) is 3.14. The molecule has 1 fully saturated rings. The number of nitrogens with zero attached hydrogens (tertiary/aromatic N) is 4. The Kier molecular flexibility index (Phi) is 6.16. The number of hydrogen-bond donors (Lipinski definition) is 0. The summed E-state index contributed by atoms with van der Waals surface area (Å²) >= 11 is 0. The minimum Gasteiger partial charge on any atom is -0.473 e. The second-order valence-corrected chi connectivity index (χ2v) is 9.76. The van der Waals surface area contributed by atoms with Crippen molar-refractivity contribution in [3.05, 3.63) is 69.9 Å². The van der Waals surface area contributed by atoms with Crippen LogP contribution in [0.4, 0.5) is 27.8 Å². The highest BCUT2D eigenvalue weighted by molar-refractivity contribution is 6.39. The van der Waals surface area contributed by atoms with Crippen LogP contribution in [-0.4, -0.2) is 55.5 Å². The summed E-state index contributed by atoms with van der Waals surface area (Å²) in [6, 6.07) is 5.03. The number of ether oxygens (including phenoxy) is 3. The molecule has 8 nitrogen and oxygen atoms in total. The molecule has 5 rings (SSSR count). The maximum absolute atomic E-state index is 14.7. The van der Waals surface area contributed by atoms with Gasteiger partial charge in [-0.2, -0.15) is 18.2 Å². The third-order valence-electron chi connectivity index (χ3n) is 7.16. The third kappa shape index (κ3) is 4.28. The van der Waals surface area contributed by atoms with E-state index in [2.05, 4.69) is 14.9 Å². The fraction of sp³-hybridized carbons (Fsp3) is 0.348. The molecule has 1 atom stereocenters. The molecular weight excluding hydrogens is 513 g/mol. The number of morpholine rings is 1. The molecule has 2 aromatic heterocycles. The molecule has 0 amide bonds. The van der Waals surface area contributed by atoms with Gasteiger partial charge < -0.3 is 19.1 Å². The van der Waals surface area contributed by atoms with Crippen molar-refractivity contribution in [3.63, 3.8) is 0 Å². The second kappa shape index (κ2) is 9.00. The molecule has 0 unspecified atom stereocenters. The van der Waals surface area contributed by atoms with Crippen molar-refractivity contribution in [3.8, 4) is 17.4 Å². The largest absolute Gasteiger partial charge is 0.473 e. The summed E-state index contributed by atoms with van der Waals surface area (Å²) in [6.07, 6.45) is -3.93. The van der Waals surface area contributed by atoms with Crippen LogP contribution in [0, 0.1) is 11.6 Å². The maximum atomic E-state index is 14.7. The Morgan fingerprint density at radius 3 is 2.55 bits per heavy atom. The van der Waals surface area contributed by atoms with Crippen LogP contribution in [0.2, 0.25) is 0 Å². The molecule has 38 heavy (non-hydrogen) atoms. The minimum absolute atomic E-state index is 0.0228. The number of rotatable bonds is 5. The fourth-order valence-electron chi connectivity index (χ4n) is 4.81. The Morgan fingerprint density at radius 2 is 1.87 bits per heavy atom. The van der Waals surface area contributed by atoms with E-state index in [1.165, 1.54) is 0 Å². The van der Waals surface area contributed by atoms with Gasteiger partial charge in [0.2, 0.25) is 5.88 Å². The summed E-state index contributed by atoms with van der Waals surface area (Å²) in [7, 11) is 3.86. The Bertz CT molecular complexity index is 1450. The molecule has 4 heterocycles. The lowest BCUT2D eigenvalue weighted by molar-refractivity contribution is -0.141. The van der Waals surface area contributed by atoms with E-state index in [1.54, 1.807) is 10.6 Å².